The predicted octanol–water partition coefficient (Wildman–Crippen LogP) is 2.98. The quantitative estimate of drug-likeness (QED) is 0.838. The summed E-state index contributed by atoms with van der Waals surface area (Å²) in [5.74, 6) is 1.22. The Labute approximate surface area is 114 Å². The molecule has 0 saturated carbocycles. The Morgan fingerprint density at radius 3 is 2.37 bits per heavy atom. The maximum Gasteiger partial charge on any atom is 0.125 e. The minimum absolute atomic E-state index is 0.0317. The zero-order valence-electron chi connectivity index (χ0n) is 11.4. The molecule has 102 valence electrons. The summed E-state index contributed by atoms with van der Waals surface area (Å²) in [5, 5.41) is 13.0. The van der Waals surface area contributed by atoms with Crippen molar-refractivity contribution in [2.75, 3.05) is 6.61 Å². The number of aliphatic hydroxyl groups excluding tert-OH is 1. The summed E-state index contributed by atoms with van der Waals surface area (Å²) in [6.07, 6.45) is 1.68. The third-order valence-electron chi connectivity index (χ3n) is 3.34. The van der Waals surface area contributed by atoms with Gasteiger partial charge in [-0.25, -0.2) is 0 Å². The Balaban J connectivity index is 2.25. The number of nitrogens with one attached hydrogen (secondary N) is 1. The van der Waals surface area contributed by atoms with Crippen molar-refractivity contribution in [2.45, 2.75) is 25.9 Å². The van der Waals surface area contributed by atoms with E-state index in [1.807, 2.05) is 30.3 Å². The predicted molar refractivity (Wildman–Crippen MR) is 75.8 cm³/mol. The van der Waals surface area contributed by atoms with Gasteiger partial charge in [-0.15, -0.1) is 0 Å². The summed E-state index contributed by atoms with van der Waals surface area (Å²) in [6, 6.07) is 14.0. The molecule has 2 rings (SSSR count). The standard InChI is InChI=1S/C16H21NO2/c1-12(2)14(11-18)17-16(15-9-6-10-19-15)13-7-4-3-5-8-13/h3-10,12,14,16-18H,11H2,1-2H3. The molecule has 3 nitrogen and oxygen atoms in total. The Bertz CT molecular complexity index is 465. The van der Waals surface area contributed by atoms with Gasteiger partial charge in [0.15, 0.2) is 0 Å². The highest BCUT2D eigenvalue weighted by Crippen LogP contribution is 2.23. The molecule has 19 heavy (non-hydrogen) atoms. The van der Waals surface area contributed by atoms with Crippen molar-refractivity contribution in [3.63, 3.8) is 0 Å². The van der Waals surface area contributed by atoms with Crippen LogP contribution in [0.4, 0.5) is 0 Å². The van der Waals surface area contributed by atoms with Crippen molar-refractivity contribution >= 4 is 0 Å². The van der Waals surface area contributed by atoms with Crippen LogP contribution in [0, 0.1) is 5.92 Å². The van der Waals surface area contributed by atoms with E-state index in [9.17, 15) is 5.11 Å². The average Bonchev–Trinajstić information content (AvgIpc) is 2.94. The summed E-state index contributed by atoms with van der Waals surface area (Å²) in [4.78, 5) is 0. The first-order chi connectivity index (χ1) is 9.22. The molecular weight excluding hydrogens is 238 g/mol. The number of rotatable bonds is 6. The van der Waals surface area contributed by atoms with Crippen LogP contribution in [0.3, 0.4) is 0 Å². The molecule has 0 radical (unpaired) electrons. The van der Waals surface area contributed by atoms with E-state index >= 15 is 0 Å². The SMILES string of the molecule is CC(C)C(CO)NC(c1ccccc1)c1ccco1. The molecule has 2 aromatic rings. The van der Waals surface area contributed by atoms with E-state index in [1.54, 1.807) is 6.26 Å². The van der Waals surface area contributed by atoms with Crippen LogP contribution in [0.25, 0.3) is 0 Å². The number of hydrogen-bond donors (Lipinski definition) is 2. The monoisotopic (exact) mass is 259 g/mol. The van der Waals surface area contributed by atoms with E-state index in [0.29, 0.717) is 5.92 Å². The van der Waals surface area contributed by atoms with Gasteiger partial charge in [-0.05, 0) is 23.6 Å². The van der Waals surface area contributed by atoms with Crippen molar-refractivity contribution in [1.29, 1.82) is 0 Å². The fraction of sp³-hybridized carbons (Fsp3) is 0.375. The lowest BCUT2D eigenvalue weighted by Gasteiger charge is -2.26. The zero-order chi connectivity index (χ0) is 13.7. The molecule has 0 aliphatic heterocycles. The van der Waals surface area contributed by atoms with Crippen molar-refractivity contribution in [3.05, 3.63) is 60.1 Å². The first-order valence-electron chi connectivity index (χ1n) is 6.67. The lowest BCUT2D eigenvalue weighted by molar-refractivity contribution is 0.200. The van der Waals surface area contributed by atoms with Crippen LogP contribution < -0.4 is 5.32 Å². The number of hydrogen-bond acceptors (Lipinski definition) is 3. The van der Waals surface area contributed by atoms with Crippen molar-refractivity contribution < 1.29 is 9.52 Å². The molecule has 1 aromatic carbocycles. The smallest absolute Gasteiger partial charge is 0.125 e. The van der Waals surface area contributed by atoms with Gasteiger partial charge >= 0.3 is 0 Å². The molecule has 0 amide bonds. The Kier molecular flexibility index (Phi) is 4.77. The molecule has 1 heterocycles. The molecular formula is C16H21NO2. The molecule has 1 aromatic heterocycles. The summed E-state index contributed by atoms with van der Waals surface area (Å²) < 4.78 is 5.53. The van der Waals surface area contributed by atoms with Gasteiger partial charge in [0.1, 0.15) is 5.76 Å². The summed E-state index contributed by atoms with van der Waals surface area (Å²) in [7, 11) is 0. The fourth-order valence-electron chi connectivity index (χ4n) is 2.11. The Hall–Kier alpha value is -1.58. The van der Waals surface area contributed by atoms with Gasteiger partial charge in [-0.1, -0.05) is 44.2 Å². The molecule has 0 fully saturated rings. The second-order valence-electron chi connectivity index (χ2n) is 5.06. The molecule has 0 bridgehead atoms. The zero-order valence-corrected chi connectivity index (χ0v) is 11.4. The van der Waals surface area contributed by atoms with E-state index < -0.39 is 0 Å². The minimum atomic E-state index is -0.0317. The lowest BCUT2D eigenvalue weighted by Crippen LogP contribution is -2.39. The molecule has 0 spiro atoms. The van der Waals surface area contributed by atoms with Crippen LogP contribution in [0.5, 0.6) is 0 Å². The van der Waals surface area contributed by atoms with Gasteiger partial charge in [0.2, 0.25) is 0 Å². The number of aliphatic hydroxyl groups is 1. The van der Waals surface area contributed by atoms with Gasteiger partial charge in [-0.3, -0.25) is 5.32 Å². The van der Waals surface area contributed by atoms with E-state index in [1.165, 1.54) is 0 Å². The van der Waals surface area contributed by atoms with Crippen LogP contribution in [-0.2, 0) is 0 Å². The molecule has 2 atom stereocenters. The number of benzene rings is 1. The highest BCUT2D eigenvalue weighted by atomic mass is 16.3. The molecule has 3 heteroatoms. The van der Waals surface area contributed by atoms with Gasteiger partial charge in [0.05, 0.1) is 18.9 Å². The lowest BCUT2D eigenvalue weighted by atomic mass is 9.99. The first-order valence-corrected chi connectivity index (χ1v) is 6.67. The second kappa shape index (κ2) is 6.55. The van der Waals surface area contributed by atoms with Crippen molar-refractivity contribution in [1.82, 2.24) is 5.32 Å². The molecule has 2 N–H and O–H groups in total. The van der Waals surface area contributed by atoms with Crippen LogP contribution >= 0.6 is 0 Å². The first kappa shape index (κ1) is 13.8. The number of furan rings is 1. The average molecular weight is 259 g/mol. The van der Waals surface area contributed by atoms with Crippen LogP contribution in [0.1, 0.15) is 31.2 Å². The molecule has 2 unspecified atom stereocenters. The summed E-state index contributed by atoms with van der Waals surface area (Å²) >= 11 is 0. The summed E-state index contributed by atoms with van der Waals surface area (Å²) in [5.41, 5.74) is 1.14. The molecule has 0 saturated heterocycles. The van der Waals surface area contributed by atoms with Crippen molar-refractivity contribution in [2.24, 2.45) is 5.92 Å². The van der Waals surface area contributed by atoms with Gasteiger partial charge in [0.25, 0.3) is 0 Å². The minimum Gasteiger partial charge on any atom is -0.467 e. The van der Waals surface area contributed by atoms with Gasteiger partial charge < -0.3 is 9.52 Å². The second-order valence-corrected chi connectivity index (χ2v) is 5.06. The van der Waals surface area contributed by atoms with E-state index in [-0.39, 0.29) is 18.7 Å². The Morgan fingerprint density at radius 2 is 1.84 bits per heavy atom. The summed E-state index contributed by atoms with van der Waals surface area (Å²) in [6.45, 7) is 4.30. The van der Waals surface area contributed by atoms with E-state index in [2.05, 4.69) is 31.3 Å². The largest absolute Gasteiger partial charge is 0.467 e. The highest BCUT2D eigenvalue weighted by Gasteiger charge is 2.22. The van der Waals surface area contributed by atoms with Crippen LogP contribution in [0.2, 0.25) is 0 Å². The Morgan fingerprint density at radius 1 is 1.11 bits per heavy atom. The van der Waals surface area contributed by atoms with Crippen LogP contribution in [0.15, 0.2) is 53.1 Å². The van der Waals surface area contributed by atoms with Gasteiger partial charge in [0, 0.05) is 6.04 Å². The maximum atomic E-state index is 9.50. The molecule has 0 aliphatic rings. The topological polar surface area (TPSA) is 45.4 Å². The third kappa shape index (κ3) is 3.46. The van der Waals surface area contributed by atoms with Crippen molar-refractivity contribution in [3.8, 4) is 0 Å². The molecule has 0 aliphatic carbocycles. The van der Waals surface area contributed by atoms with Gasteiger partial charge in [-0.2, -0.15) is 0 Å². The van der Waals surface area contributed by atoms with Crippen LogP contribution in [-0.4, -0.2) is 17.8 Å². The van der Waals surface area contributed by atoms with E-state index in [4.69, 9.17) is 4.42 Å². The van der Waals surface area contributed by atoms with E-state index in [0.717, 1.165) is 11.3 Å². The highest BCUT2D eigenvalue weighted by molar-refractivity contribution is 5.26. The normalized spacial score (nSPS) is 14.5. The fourth-order valence-corrected chi connectivity index (χ4v) is 2.11. The maximum absolute atomic E-state index is 9.50. The third-order valence-corrected chi connectivity index (χ3v) is 3.34.